The molecular formula is C25H37N5O. The van der Waals surface area contributed by atoms with E-state index in [-0.39, 0.29) is 0 Å². The molecule has 0 amide bonds. The third-order valence-corrected chi connectivity index (χ3v) is 6.17. The van der Waals surface area contributed by atoms with Gasteiger partial charge in [0.25, 0.3) is 0 Å². The maximum absolute atomic E-state index is 5.63. The van der Waals surface area contributed by atoms with Crippen LogP contribution in [-0.2, 0) is 0 Å². The zero-order valence-corrected chi connectivity index (χ0v) is 20.5. The normalized spacial score (nSPS) is 13.0. The molecule has 0 unspecified atom stereocenters. The van der Waals surface area contributed by atoms with Gasteiger partial charge in [-0.05, 0) is 64.8 Å². The standard InChI is InChI=1S/C25H37N5O/c1-10-19(14-29(8)16(4)5)30-13-17(6)22-24(30)26-18(7)23(28-22)20-11-12-21(15(2)3)27-25(20)31-9/h11-13,15-16,19H,10,14H2,1-9H3/t19-/m1/s1. The first-order valence-corrected chi connectivity index (χ1v) is 11.3. The maximum atomic E-state index is 5.63. The van der Waals surface area contributed by atoms with Crippen molar-refractivity contribution in [2.24, 2.45) is 0 Å². The molecule has 0 aromatic carbocycles. The highest BCUT2D eigenvalue weighted by Gasteiger charge is 2.21. The average molecular weight is 424 g/mol. The Morgan fingerprint density at radius 2 is 1.77 bits per heavy atom. The molecule has 6 nitrogen and oxygen atoms in total. The SMILES string of the molecule is CC[C@H](CN(C)C(C)C)n1cc(C)c2nc(-c3ccc(C(C)C)nc3OC)c(C)nc21. The molecule has 3 rings (SSSR count). The summed E-state index contributed by atoms with van der Waals surface area (Å²) in [7, 11) is 3.84. The predicted octanol–water partition coefficient (Wildman–Crippen LogP) is 5.53. The lowest BCUT2D eigenvalue weighted by Gasteiger charge is -2.27. The van der Waals surface area contributed by atoms with Crippen LogP contribution in [0, 0.1) is 13.8 Å². The van der Waals surface area contributed by atoms with Crippen molar-refractivity contribution >= 4 is 11.2 Å². The summed E-state index contributed by atoms with van der Waals surface area (Å²) >= 11 is 0. The van der Waals surface area contributed by atoms with Crippen LogP contribution in [0.25, 0.3) is 22.4 Å². The number of ether oxygens (including phenoxy) is 1. The summed E-state index contributed by atoms with van der Waals surface area (Å²) < 4.78 is 7.94. The van der Waals surface area contributed by atoms with E-state index >= 15 is 0 Å². The van der Waals surface area contributed by atoms with Crippen molar-refractivity contribution in [2.75, 3.05) is 20.7 Å². The number of hydrogen-bond donors (Lipinski definition) is 0. The molecule has 3 heterocycles. The fourth-order valence-corrected chi connectivity index (χ4v) is 3.89. The molecule has 0 aliphatic heterocycles. The van der Waals surface area contributed by atoms with Crippen LogP contribution in [-0.4, -0.2) is 51.2 Å². The quantitative estimate of drug-likeness (QED) is 0.476. The molecule has 1 atom stereocenters. The van der Waals surface area contributed by atoms with E-state index < -0.39 is 0 Å². The lowest BCUT2D eigenvalue weighted by molar-refractivity contribution is 0.229. The van der Waals surface area contributed by atoms with Gasteiger partial charge in [0.15, 0.2) is 5.65 Å². The van der Waals surface area contributed by atoms with E-state index in [1.165, 1.54) is 0 Å². The molecule has 0 fully saturated rings. The van der Waals surface area contributed by atoms with Gasteiger partial charge in [0.2, 0.25) is 5.88 Å². The van der Waals surface area contributed by atoms with Gasteiger partial charge in [-0.2, -0.15) is 0 Å². The Morgan fingerprint density at radius 1 is 1.06 bits per heavy atom. The number of aromatic nitrogens is 4. The summed E-state index contributed by atoms with van der Waals surface area (Å²) in [6.45, 7) is 16.1. The summed E-state index contributed by atoms with van der Waals surface area (Å²) in [5, 5.41) is 0. The molecule has 31 heavy (non-hydrogen) atoms. The van der Waals surface area contributed by atoms with E-state index in [1.807, 2.05) is 6.92 Å². The first-order valence-electron chi connectivity index (χ1n) is 11.3. The molecule has 0 bridgehead atoms. The fraction of sp³-hybridized carbons (Fsp3) is 0.560. The van der Waals surface area contributed by atoms with Crippen LogP contribution in [0.15, 0.2) is 18.3 Å². The highest BCUT2D eigenvalue weighted by molar-refractivity contribution is 5.81. The molecule has 0 radical (unpaired) electrons. The van der Waals surface area contributed by atoms with Gasteiger partial charge < -0.3 is 14.2 Å². The van der Waals surface area contributed by atoms with Crippen molar-refractivity contribution < 1.29 is 4.74 Å². The summed E-state index contributed by atoms with van der Waals surface area (Å²) in [4.78, 5) is 17.2. The highest BCUT2D eigenvalue weighted by Crippen LogP contribution is 2.33. The van der Waals surface area contributed by atoms with Crippen molar-refractivity contribution in [3.63, 3.8) is 0 Å². The van der Waals surface area contributed by atoms with Gasteiger partial charge in [-0.25, -0.2) is 15.0 Å². The van der Waals surface area contributed by atoms with Gasteiger partial charge in [-0.3, -0.25) is 0 Å². The van der Waals surface area contributed by atoms with Crippen molar-refractivity contribution in [3.8, 4) is 17.1 Å². The number of likely N-dealkylation sites (N-methyl/N-ethyl adjacent to an activating group) is 1. The fourth-order valence-electron chi connectivity index (χ4n) is 3.89. The van der Waals surface area contributed by atoms with Crippen LogP contribution in [0.4, 0.5) is 0 Å². The smallest absolute Gasteiger partial charge is 0.222 e. The monoisotopic (exact) mass is 423 g/mol. The van der Waals surface area contributed by atoms with E-state index in [9.17, 15) is 0 Å². The minimum atomic E-state index is 0.337. The molecule has 6 heteroatoms. The van der Waals surface area contributed by atoms with Crippen LogP contribution in [0.1, 0.15) is 70.0 Å². The Labute approximate surface area is 186 Å². The largest absolute Gasteiger partial charge is 0.480 e. The first kappa shape index (κ1) is 23.2. The van der Waals surface area contributed by atoms with Crippen LogP contribution < -0.4 is 4.74 Å². The van der Waals surface area contributed by atoms with Gasteiger partial charge in [-0.1, -0.05) is 20.8 Å². The highest BCUT2D eigenvalue weighted by atomic mass is 16.5. The van der Waals surface area contributed by atoms with E-state index in [0.717, 1.165) is 52.3 Å². The number of pyridine rings is 1. The van der Waals surface area contributed by atoms with Crippen LogP contribution in [0.2, 0.25) is 0 Å². The zero-order chi connectivity index (χ0) is 22.9. The summed E-state index contributed by atoms with van der Waals surface area (Å²) in [5.74, 6) is 0.939. The Hall–Kier alpha value is -2.47. The lowest BCUT2D eigenvalue weighted by atomic mass is 10.1. The van der Waals surface area contributed by atoms with E-state index in [0.29, 0.717) is 23.9 Å². The van der Waals surface area contributed by atoms with Gasteiger partial charge in [0.05, 0.1) is 24.1 Å². The maximum Gasteiger partial charge on any atom is 0.222 e. The van der Waals surface area contributed by atoms with E-state index in [2.05, 4.69) is 76.4 Å². The number of fused-ring (bicyclic) bond motifs is 1. The molecule has 0 N–H and O–H groups in total. The number of methoxy groups -OCH3 is 1. The number of nitrogens with zero attached hydrogens (tertiary/aromatic N) is 5. The van der Waals surface area contributed by atoms with Gasteiger partial charge in [0.1, 0.15) is 5.52 Å². The van der Waals surface area contributed by atoms with Gasteiger partial charge in [0, 0.05) is 30.5 Å². The molecule has 168 valence electrons. The topological polar surface area (TPSA) is 56.1 Å². The molecular weight excluding hydrogens is 386 g/mol. The second kappa shape index (κ2) is 9.35. The molecule has 0 aliphatic carbocycles. The Morgan fingerprint density at radius 3 is 2.35 bits per heavy atom. The molecule has 0 aliphatic rings. The molecule has 0 saturated heterocycles. The zero-order valence-electron chi connectivity index (χ0n) is 20.5. The Bertz CT molecular complexity index is 1050. The minimum Gasteiger partial charge on any atom is -0.480 e. The second-order valence-corrected chi connectivity index (χ2v) is 9.09. The van der Waals surface area contributed by atoms with Crippen LogP contribution in [0.5, 0.6) is 5.88 Å². The van der Waals surface area contributed by atoms with E-state index in [4.69, 9.17) is 19.7 Å². The average Bonchev–Trinajstić information content (AvgIpc) is 3.05. The van der Waals surface area contributed by atoms with Crippen LogP contribution in [0.3, 0.4) is 0 Å². The number of hydrogen-bond acceptors (Lipinski definition) is 5. The number of aryl methyl sites for hydroxylation is 2. The number of rotatable bonds is 8. The lowest BCUT2D eigenvalue weighted by Crippen LogP contribution is -2.32. The van der Waals surface area contributed by atoms with Gasteiger partial charge in [-0.15, -0.1) is 0 Å². The summed E-state index contributed by atoms with van der Waals surface area (Å²) in [6.07, 6.45) is 3.24. The van der Waals surface area contributed by atoms with Crippen LogP contribution >= 0.6 is 0 Å². The second-order valence-electron chi connectivity index (χ2n) is 9.09. The minimum absolute atomic E-state index is 0.337. The van der Waals surface area contributed by atoms with E-state index in [1.54, 1.807) is 7.11 Å². The third-order valence-electron chi connectivity index (χ3n) is 6.17. The third kappa shape index (κ3) is 4.59. The molecule has 0 saturated carbocycles. The predicted molar refractivity (Wildman–Crippen MR) is 128 cm³/mol. The molecule has 3 aromatic rings. The molecule has 3 aromatic heterocycles. The van der Waals surface area contributed by atoms with Gasteiger partial charge >= 0.3 is 0 Å². The van der Waals surface area contributed by atoms with Crippen molar-refractivity contribution in [2.45, 2.75) is 72.9 Å². The summed E-state index contributed by atoms with van der Waals surface area (Å²) in [6, 6.07) is 4.97. The Kier molecular flexibility index (Phi) is 6.99. The van der Waals surface area contributed by atoms with Crippen molar-refractivity contribution in [3.05, 3.63) is 35.3 Å². The van der Waals surface area contributed by atoms with Crippen molar-refractivity contribution in [1.29, 1.82) is 0 Å². The Balaban J connectivity index is 2.11. The summed E-state index contributed by atoms with van der Waals surface area (Å²) in [5.41, 5.74) is 6.65. The first-order chi connectivity index (χ1) is 14.7. The molecule has 0 spiro atoms. The van der Waals surface area contributed by atoms with Crippen molar-refractivity contribution in [1.82, 2.24) is 24.4 Å².